The van der Waals surface area contributed by atoms with Gasteiger partial charge >= 0.3 is 0 Å². The molecular formula is C23H21FN4S. The highest BCUT2D eigenvalue weighted by atomic mass is 32.1. The normalized spacial score (nSPS) is 18.9. The summed E-state index contributed by atoms with van der Waals surface area (Å²) in [6, 6.07) is 17.1. The van der Waals surface area contributed by atoms with Crippen LogP contribution in [0.2, 0.25) is 0 Å². The van der Waals surface area contributed by atoms with Crippen LogP contribution in [-0.4, -0.2) is 24.9 Å². The molecule has 1 aromatic heterocycles. The third-order valence-electron chi connectivity index (χ3n) is 5.71. The first-order chi connectivity index (χ1) is 13.8. The molecular weight excluding hydrogens is 383 g/mol. The minimum Gasteiger partial charge on any atom is -0.287 e. The number of hydrogen-bond acceptors (Lipinski definition) is 3. The van der Waals surface area contributed by atoms with Gasteiger partial charge in [0, 0.05) is 35.7 Å². The summed E-state index contributed by atoms with van der Waals surface area (Å²) >= 11 is 1.63. The van der Waals surface area contributed by atoms with Crippen molar-refractivity contribution in [2.75, 3.05) is 19.1 Å². The highest BCUT2D eigenvalue weighted by Gasteiger charge is 2.38. The molecule has 0 aliphatic carbocycles. The topological polar surface area (TPSA) is 34.7 Å². The molecule has 3 aromatic rings. The number of anilines is 1. The third kappa shape index (κ3) is 3.08. The predicted octanol–water partition coefficient (Wildman–Crippen LogP) is 6.07. The average molecular weight is 405 g/mol. The van der Waals surface area contributed by atoms with E-state index in [4.69, 9.17) is 12.0 Å². The first kappa shape index (κ1) is 19.2. The number of rotatable bonds is 2. The van der Waals surface area contributed by atoms with E-state index in [1.807, 2.05) is 42.3 Å². The molecule has 29 heavy (non-hydrogen) atoms. The Hall–Kier alpha value is -3.17. The van der Waals surface area contributed by atoms with Crippen molar-refractivity contribution in [2.24, 2.45) is 0 Å². The molecule has 2 aromatic carbocycles. The van der Waals surface area contributed by atoms with E-state index < -0.39 is 5.82 Å². The quantitative estimate of drug-likeness (QED) is 0.526. The van der Waals surface area contributed by atoms with Crippen LogP contribution in [0.4, 0.5) is 15.8 Å². The number of amidine groups is 1. The summed E-state index contributed by atoms with van der Waals surface area (Å²) in [5.41, 5.74) is 2.76. The largest absolute Gasteiger partial charge is 0.287 e. The molecule has 4 rings (SSSR count). The Bertz CT molecular complexity index is 1150. The molecule has 0 bridgehead atoms. The van der Waals surface area contributed by atoms with Crippen LogP contribution in [0.15, 0.2) is 54.6 Å². The van der Waals surface area contributed by atoms with Crippen LogP contribution >= 0.6 is 11.3 Å². The molecule has 6 heteroatoms. The Labute approximate surface area is 174 Å². The number of nitrogens with zero attached hydrogens (tertiary/aromatic N) is 3. The van der Waals surface area contributed by atoms with Gasteiger partial charge in [0.15, 0.2) is 0 Å². The monoisotopic (exact) mass is 404 g/mol. The Morgan fingerprint density at radius 1 is 1.10 bits per heavy atom. The maximum absolute atomic E-state index is 13.7. The first-order valence-electron chi connectivity index (χ1n) is 9.27. The zero-order valence-corrected chi connectivity index (χ0v) is 17.3. The molecule has 1 aliphatic heterocycles. The highest BCUT2D eigenvalue weighted by molar-refractivity contribution is 7.15. The van der Waals surface area contributed by atoms with Crippen LogP contribution in [-0.2, 0) is 5.41 Å². The van der Waals surface area contributed by atoms with Crippen LogP contribution in [0.25, 0.3) is 15.3 Å². The zero-order valence-electron chi connectivity index (χ0n) is 16.5. The Balaban J connectivity index is 1.83. The van der Waals surface area contributed by atoms with Gasteiger partial charge in [0.1, 0.15) is 11.7 Å². The summed E-state index contributed by atoms with van der Waals surface area (Å²) < 4.78 is 13.7. The van der Waals surface area contributed by atoms with Gasteiger partial charge in [-0.05, 0) is 41.5 Å². The highest BCUT2D eigenvalue weighted by Crippen LogP contribution is 2.47. The first-order valence-corrected chi connectivity index (χ1v) is 10.1. The molecule has 0 saturated heterocycles. The maximum atomic E-state index is 13.7. The molecule has 146 valence electrons. The summed E-state index contributed by atoms with van der Waals surface area (Å²) in [5, 5.41) is 12.5. The smallest absolute Gasteiger partial charge is 0.222 e. The number of fused-ring (bicyclic) bond motifs is 1. The summed E-state index contributed by atoms with van der Waals surface area (Å²) in [6.45, 7) is 9.34. The second kappa shape index (κ2) is 7.02. The molecule has 0 fully saturated rings. The van der Waals surface area contributed by atoms with E-state index in [0.717, 1.165) is 21.0 Å². The van der Waals surface area contributed by atoms with Gasteiger partial charge in [0.2, 0.25) is 5.69 Å². The summed E-state index contributed by atoms with van der Waals surface area (Å²) in [7, 11) is 3.89. The molecule has 4 nitrogen and oxygen atoms in total. The van der Waals surface area contributed by atoms with Crippen LogP contribution < -0.4 is 5.01 Å². The lowest BCUT2D eigenvalue weighted by Crippen LogP contribution is -2.40. The van der Waals surface area contributed by atoms with Crippen molar-refractivity contribution in [1.82, 2.24) is 5.01 Å². The van der Waals surface area contributed by atoms with Crippen molar-refractivity contribution in [1.29, 1.82) is 5.41 Å². The van der Waals surface area contributed by atoms with Gasteiger partial charge in [-0.1, -0.05) is 31.2 Å². The molecule has 1 aliphatic rings. The summed E-state index contributed by atoms with van der Waals surface area (Å²) in [4.78, 5) is 5.40. The molecule has 2 heterocycles. The molecule has 1 N–H and O–H groups in total. The summed E-state index contributed by atoms with van der Waals surface area (Å²) in [6.07, 6.45) is 0.571. The van der Waals surface area contributed by atoms with Crippen molar-refractivity contribution in [3.8, 4) is 10.4 Å². The number of nitrogens with one attached hydrogen (secondary N) is 1. The van der Waals surface area contributed by atoms with Gasteiger partial charge in [-0.2, -0.15) is 0 Å². The van der Waals surface area contributed by atoms with E-state index in [1.165, 1.54) is 11.6 Å². The van der Waals surface area contributed by atoms with Crippen molar-refractivity contribution in [3.05, 3.63) is 82.3 Å². The Morgan fingerprint density at radius 2 is 1.86 bits per heavy atom. The van der Waals surface area contributed by atoms with Gasteiger partial charge in [-0.15, -0.1) is 11.3 Å². The van der Waals surface area contributed by atoms with E-state index >= 15 is 0 Å². The third-order valence-corrected chi connectivity index (χ3v) is 7.11. The van der Waals surface area contributed by atoms with E-state index in [2.05, 4.69) is 30.0 Å². The molecule has 1 unspecified atom stereocenters. The lowest BCUT2D eigenvalue weighted by molar-refractivity contribution is 0.476. The minimum atomic E-state index is -0.496. The van der Waals surface area contributed by atoms with Gasteiger partial charge in [0.25, 0.3) is 0 Å². The Morgan fingerprint density at radius 3 is 2.62 bits per heavy atom. The average Bonchev–Trinajstić information content (AvgIpc) is 3.21. The molecule has 1 atom stereocenters. The van der Waals surface area contributed by atoms with Crippen molar-refractivity contribution >= 4 is 28.5 Å². The Kier molecular flexibility index (Phi) is 4.64. The second-order valence-corrected chi connectivity index (χ2v) is 8.55. The molecule has 0 amide bonds. The van der Waals surface area contributed by atoms with Gasteiger partial charge in [0.05, 0.1) is 12.3 Å². The number of hydrazine groups is 1. The lowest BCUT2D eigenvalue weighted by atomic mass is 9.77. The fourth-order valence-electron chi connectivity index (χ4n) is 3.87. The minimum absolute atomic E-state index is 0.0356. The van der Waals surface area contributed by atoms with Crippen LogP contribution in [0.1, 0.15) is 23.8 Å². The SMILES string of the molecule is [C-]#[N+]c1cc(-c2ccc(C3(C)CC(=N)N(C)N(C)c4ccccc43)s2)ccc1F. The van der Waals surface area contributed by atoms with E-state index in [9.17, 15) is 4.39 Å². The fraction of sp³-hybridized carbons (Fsp3) is 0.217. The standard InChI is InChI=1S/C23H21FN4S/c1-23(14-22(25)28(4)27(3)19-8-6-5-7-16(19)23)21-12-11-20(29-21)15-9-10-17(24)18(13-15)26-2/h5-13,25H,14H2,1,3-4H3. The number of halogens is 1. The van der Waals surface area contributed by atoms with Crippen LogP contribution in [0.3, 0.4) is 0 Å². The second-order valence-electron chi connectivity index (χ2n) is 7.46. The fourth-order valence-corrected chi connectivity index (χ4v) is 5.03. The molecule has 0 spiro atoms. The predicted molar refractivity (Wildman–Crippen MR) is 117 cm³/mol. The molecule has 0 radical (unpaired) electrons. The van der Waals surface area contributed by atoms with E-state index in [0.29, 0.717) is 12.3 Å². The number of benzene rings is 2. The van der Waals surface area contributed by atoms with Crippen molar-refractivity contribution < 1.29 is 4.39 Å². The number of hydrogen-bond donors (Lipinski definition) is 1. The zero-order chi connectivity index (χ0) is 20.8. The van der Waals surface area contributed by atoms with Gasteiger partial charge in [-0.3, -0.25) is 15.4 Å². The number of para-hydroxylation sites is 1. The summed E-state index contributed by atoms with van der Waals surface area (Å²) in [5.74, 6) is 0.0444. The van der Waals surface area contributed by atoms with Crippen LogP contribution in [0, 0.1) is 17.8 Å². The molecule has 0 saturated carbocycles. The van der Waals surface area contributed by atoms with Crippen molar-refractivity contribution in [3.63, 3.8) is 0 Å². The van der Waals surface area contributed by atoms with E-state index in [-0.39, 0.29) is 11.1 Å². The number of thiophene rings is 1. The van der Waals surface area contributed by atoms with Crippen molar-refractivity contribution in [2.45, 2.75) is 18.8 Å². The van der Waals surface area contributed by atoms with E-state index in [1.54, 1.807) is 23.5 Å². The maximum Gasteiger partial charge on any atom is 0.222 e. The van der Waals surface area contributed by atoms with Gasteiger partial charge in [-0.25, -0.2) is 9.24 Å². The van der Waals surface area contributed by atoms with Crippen LogP contribution in [0.5, 0.6) is 0 Å². The van der Waals surface area contributed by atoms with Gasteiger partial charge < -0.3 is 0 Å². The lowest BCUT2D eigenvalue weighted by Gasteiger charge is -2.30.